The highest BCUT2D eigenvalue weighted by Crippen LogP contribution is 2.20. The van der Waals surface area contributed by atoms with Crippen LogP contribution in [-0.2, 0) is 22.6 Å². The minimum Gasteiger partial charge on any atom is -0.335 e. The zero-order chi connectivity index (χ0) is 13.0. The molecule has 18 heavy (non-hydrogen) atoms. The first-order valence-corrected chi connectivity index (χ1v) is 6.22. The summed E-state index contributed by atoms with van der Waals surface area (Å²) in [6.45, 7) is 1.67. The van der Waals surface area contributed by atoms with E-state index in [4.69, 9.17) is 5.73 Å². The van der Waals surface area contributed by atoms with Gasteiger partial charge in [-0.2, -0.15) is 0 Å². The Hall–Kier alpha value is -1.69. The Labute approximate surface area is 106 Å². The number of aryl methyl sites for hydroxylation is 1. The van der Waals surface area contributed by atoms with E-state index in [1.165, 1.54) is 4.90 Å². The Kier molecular flexibility index (Phi) is 4.09. The van der Waals surface area contributed by atoms with E-state index < -0.39 is 0 Å². The Bertz CT molecular complexity index is 429. The summed E-state index contributed by atoms with van der Waals surface area (Å²) in [5, 5.41) is 0. The van der Waals surface area contributed by atoms with E-state index in [9.17, 15) is 9.59 Å². The molecule has 2 amide bonds. The molecule has 1 unspecified atom stereocenters. The molecule has 6 nitrogen and oxygen atoms in total. The monoisotopic (exact) mass is 250 g/mol. The molecule has 2 rings (SSSR count). The van der Waals surface area contributed by atoms with Crippen molar-refractivity contribution in [3.05, 3.63) is 18.2 Å². The normalized spacial score (nSPS) is 18.2. The summed E-state index contributed by atoms with van der Waals surface area (Å²) in [5.41, 5.74) is 5.39. The van der Waals surface area contributed by atoms with Crippen molar-refractivity contribution in [3.63, 3.8) is 0 Å². The largest absolute Gasteiger partial charge is 0.335 e. The van der Waals surface area contributed by atoms with Crippen LogP contribution in [0.5, 0.6) is 0 Å². The van der Waals surface area contributed by atoms with Gasteiger partial charge < -0.3 is 10.3 Å². The maximum atomic E-state index is 12.2. The molecule has 2 N–H and O–H groups in total. The first-order valence-electron chi connectivity index (χ1n) is 6.22. The second kappa shape index (κ2) is 5.77. The summed E-state index contributed by atoms with van der Waals surface area (Å²) >= 11 is 0. The Morgan fingerprint density at radius 1 is 1.67 bits per heavy atom. The molecule has 1 aromatic rings. The highest BCUT2D eigenvalue weighted by molar-refractivity contribution is 5.88. The number of nitrogens with zero attached hydrogens (tertiary/aromatic N) is 3. The summed E-state index contributed by atoms with van der Waals surface area (Å²) in [6.07, 6.45) is 6.29. The van der Waals surface area contributed by atoms with E-state index in [2.05, 4.69) is 9.55 Å². The zero-order valence-corrected chi connectivity index (χ0v) is 10.3. The fourth-order valence-electron chi connectivity index (χ4n) is 2.27. The van der Waals surface area contributed by atoms with Gasteiger partial charge in [0, 0.05) is 37.8 Å². The molecule has 1 aromatic heterocycles. The minimum atomic E-state index is -0.136. The smallest absolute Gasteiger partial charge is 0.232 e. The predicted molar refractivity (Wildman–Crippen MR) is 65.5 cm³/mol. The van der Waals surface area contributed by atoms with Gasteiger partial charge in [0.15, 0.2) is 0 Å². The minimum absolute atomic E-state index is 0.104. The van der Waals surface area contributed by atoms with Crippen molar-refractivity contribution < 1.29 is 9.59 Å². The number of rotatable bonds is 5. The molecule has 0 radical (unpaired) electrons. The van der Waals surface area contributed by atoms with Gasteiger partial charge in [0.2, 0.25) is 12.3 Å². The first kappa shape index (κ1) is 12.8. The van der Waals surface area contributed by atoms with Crippen LogP contribution in [0.1, 0.15) is 18.7 Å². The molecule has 0 bridgehead atoms. The van der Waals surface area contributed by atoms with E-state index in [1.807, 2.05) is 6.20 Å². The maximum Gasteiger partial charge on any atom is 0.232 e. The number of imide groups is 1. The van der Waals surface area contributed by atoms with Crippen LogP contribution in [0.2, 0.25) is 0 Å². The molecule has 0 saturated carbocycles. The fraction of sp³-hybridized carbons (Fsp3) is 0.583. The third-order valence-corrected chi connectivity index (χ3v) is 3.31. The number of imidazole rings is 1. The molecule has 0 aliphatic carbocycles. The van der Waals surface area contributed by atoms with E-state index in [1.54, 1.807) is 6.20 Å². The van der Waals surface area contributed by atoms with Crippen molar-refractivity contribution in [2.75, 3.05) is 13.1 Å². The van der Waals surface area contributed by atoms with Gasteiger partial charge in [-0.15, -0.1) is 0 Å². The Balaban J connectivity index is 1.99. The summed E-state index contributed by atoms with van der Waals surface area (Å²) in [7, 11) is 0. The van der Waals surface area contributed by atoms with Crippen molar-refractivity contribution >= 4 is 12.3 Å². The van der Waals surface area contributed by atoms with Crippen molar-refractivity contribution in [1.29, 1.82) is 0 Å². The van der Waals surface area contributed by atoms with Crippen LogP contribution < -0.4 is 5.73 Å². The molecule has 0 spiro atoms. The summed E-state index contributed by atoms with van der Waals surface area (Å²) in [6, 6.07) is 0. The van der Waals surface area contributed by atoms with Gasteiger partial charge in [-0.1, -0.05) is 0 Å². The summed E-state index contributed by atoms with van der Waals surface area (Å²) in [5.74, 6) is 0.680. The van der Waals surface area contributed by atoms with Crippen LogP contribution in [0.4, 0.5) is 0 Å². The average Bonchev–Trinajstić information content (AvgIpc) is 2.86. The van der Waals surface area contributed by atoms with Crippen LogP contribution in [0, 0.1) is 5.92 Å². The van der Waals surface area contributed by atoms with Crippen LogP contribution in [0.25, 0.3) is 0 Å². The topological polar surface area (TPSA) is 81.2 Å². The van der Waals surface area contributed by atoms with Crippen molar-refractivity contribution in [1.82, 2.24) is 14.5 Å². The summed E-state index contributed by atoms with van der Waals surface area (Å²) < 4.78 is 2.05. The molecule has 1 aliphatic rings. The van der Waals surface area contributed by atoms with Crippen molar-refractivity contribution in [2.24, 2.45) is 11.7 Å². The average molecular weight is 250 g/mol. The molecule has 2 heterocycles. The fourth-order valence-corrected chi connectivity index (χ4v) is 2.27. The third-order valence-electron chi connectivity index (χ3n) is 3.31. The van der Waals surface area contributed by atoms with Crippen LogP contribution >= 0.6 is 0 Å². The molecule has 0 aromatic carbocycles. The molecule has 1 atom stereocenters. The van der Waals surface area contributed by atoms with Gasteiger partial charge in [0.1, 0.15) is 5.82 Å². The van der Waals surface area contributed by atoms with Gasteiger partial charge in [-0.3, -0.25) is 14.5 Å². The second-order valence-electron chi connectivity index (χ2n) is 4.51. The number of nitrogens with two attached hydrogens (primary N) is 1. The standard InChI is InChI=1S/C12H18N4O2/c13-3-1-5-16(9-17)12(18)10-2-6-15-7-4-14-11(15)8-10/h4,7,9-10H,1-3,5-6,8,13H2. The van der Waals surface area contributed by atoms with Crippen molar-refractivity contribution in [3.8, 4) is 0 Å². The molecule has 0 fully saturated rings. The highest BCUT2D eigenvalue weighted by Gasteiger charge is 2.28. The number of amides is 2. The molecule has 0 saturated heterocycles. The number of hydrogen-bond acceptors (Lipinski definition) is 4. The number of carbonyl (C=O) groups excluding carboxylic acids is 2. The van der Waals surface area contributed by atoms with Crippen molar-refractivity contribution in [2.45, 2.75) is 25.8 Å². The van der Waals surface area contributed by atoms with Gasteiger partial charge in [-0.25, -0.2) is 4.98 Å². The highest BCUT2D eigenvalue weighted by atomic mass is 16.2. The Morgan fingerprint density at radius 3 is 3.22 bits per heavy atom. The van der Waals surface area contributed by atoms with Crippen LogP contribution in [0.15, 0.2) is 12.4 Å². The lowest BCUT2D eigenvalue weighted by atomic mass is 9.96. The van der Waals surface area contributed by atoms with Crippen LogP contribution in [0.3, 0.4) is 0 Å². The van der Waals surface area contributed by atoms with Gasteiger partial charge in [0.25, 0.3) is 0 Å². The lowest BCUT2D eigenvalue weighted by molar-refractivity contribution is -0.142. The maximum absolute atomic E-state index is 12.2. The number of aromatic nitrogens is 2. The SMILES string of the molecule is NCCCN(C=O)C(=O)C1CCn2ccnc2C1. The lowest BCUT2D eigenvalue weighted by Gasteiger charge is -2.26. The van der Waals surface area contributed by atoms with E-state index in [0.29, 0.717) is 32.3 Å². The molecule has 98 valence electrons. The molecule has 6 heteroatoms. The second-order valence-corrected chi connectivity index (χ2v) is 4.51. The van der Waals surface area contributed by atoms with Gasteiger partial charge in [0.05, 0.1) is 0 Å². The quantitative estimate of drug-likeness (QED) is 0.732. The predicted octanol–water partition coefficient (Wildman–Crippen LogP) is -0.221. The zero-order valence-electron chi connectivity index (χ0n) is 10.3. The first-order chi connectivity index (χ1) is 8.76. The molecule has 1 aliphatic heterocycles. The Morgan fingerprint density at radius 2 is 2.50 bits per heavy atom. The number of carbonyl (C=O) groups is 2. The van der Waals surface area contributed by atoms with Gasteiger partial charge >= 0.3 is 0 Å². The van der Waals surface area contributed by atoms with E-state index in [0.717, 1.165) is 18.8 Å². The third kappa shape index (κ3) is 2.59. The number of fused-ring (bicyclic) bond motifs is 1. The van der Waals surface area contributed by atoms with E-state index >= 15 is 0 Å². The van der Waals surface area contributed by atoms with E-state index in [-0.39, 0.29) is 11.8 Å². The van der Waals surface area contributed by atoms with Gasteiger partial charge in [-0.05, 0) is 19.4 Å². The molecular weight excluding hydrogens is 232 g/mol. The van der Waals surface area contributed by atoms with Crippen LogP contribution in [-0.4, -0.2) is 39.9 Å². The summed E-state index contributed by atoms with van der Waals surface area (Å²) in [4.78, 5) is 28.6. The molecular formula is C12H18N4O2. The lowest BCUT2D eigenvalue weighted by Crippen LogP contribution is -2.39. The number of hydrogen-bond donors (Lipinski definition) is 1.